The number of methoxy groups -OCH3 is 2. The van der Waals surface area contributed by atoms with Crippen molar-refractivity contribution in [3.8, 4) is 0 Å². The average molecular weight is 202 g/mol. The van der Waals surface area contributed by atoms with Gasteiger partial charge in [-0.15, -0.1) is 0 Å². The molecule has 0 amide bonds. The van der Waals surface area contributed by atoms with Crippen LogP contribution in [0.25, 0.3) is 0 Å². The van der Waals surface area contributed by atoms with Gasteiger partial charge in [0.05, 0.1) is 0 Å². The Labute approximate surface area is 103 Å². The van der Waals surface area contributed by atoms with Gasteiger partial charge < -0.3 is 17.1 Å². The average Bonchev–Trinajstić information content (AvgIpc) is 2.04. The molecule has 0 aliphatic carbocycles. The Morgan fingerprint density at radius 3 is 1.50 bits per heavy atom. The van der Waals surface area contributed by atoms with Gasteiger partial charge in [-0.1, -0.05) is 0 Å². The summed E-state index contributed by atoms with van der Waals surface area (Å²) in [7, 11) is 3.21. The van der Waals surface area contributed by atoms with E-state index in [0.29, 0.717) is 0 Å². The molecule has 0 bridgehead atoms. The zero-order valence-corrected chi connectivity index (χ0v) is 12.8. The Kier molecular flexibility index (Phi) is 13.8. The van der Waals surface area contributed by atoms with Crippen molar-refractivity contribution in [1.82, 2.24) is 0 Å². The quantitative estimate of drug-likeness (QED) is 0.340. The summed E-state index contributed by atoms with van der Waals surface area (Å²) in [4.78, 5) is 0. The maximum Gasteiger partial charge on any atom is 1.00 e. The topological polar surface area (TPSA) is 36.9 Å². The van der Waals surface area contributed by atoms with E-state index in [9.17, 15) is 0 Å². The first kappa shape index (κ1) is 15.8. The van der Waals surface area contributed by atoms with Gasteiger partial charge in [-0.2, -0.15) is 0 Å². The fraction of sp³-hybridized carbons (Fsp3) is 1.00. The fourth-order valence-electron chi connectivity index (χ4n) is 0.519. The summed E-state index contributed by atoms with van der Waals surface area (Å²) in [6.07, 6.45) is -0.301. The first-order valence-electron chi connectivity index (χ1n) is 3.73. The van der Waals surface area contributed by atoms with Gasteiger partial charge in [0.2, 0.25) is 0 Å². The van der Waals surface area contributed by atoms with E-state index in [1.807, 2.05) is 13.8 Å². The van der Waals surface area contributed by atoms with Crippen molar-refractivity contribution in [2.75, 3.05) is 14.2 Å². The van der Waals surface area contributed by atoms with Crippen LogP contribution in [0.4, 0.5) is 0 Å². The molecule has 0 saturated heterocycles. The van der Waals surface area contributed by atoms with E-state index >= 15 is 0 Å². The number of hydrogen-bond acceptors (Lipinski definition) is 4. The smallest absolute Gasteiger partial charge is 0.618 e. The van der Waals surface area contributed by atoms with Gasteiger partial charge >= 0.3 is 45.4 Å². The number of hydrogen-bond donors (Lipinski definition) is 0. The standard InChI is InChI=1S/2C3H7O2.Al.Na.2H/c2*1-3(4)5-2;;;;/h2*3H,1-2H3;;;;/q2*-1;2*+1;;. The first-order chi connectivity index (χ1) is 5.20. The molecule has 68 valence electrons. The molecular formula is C6H16AlNaO4. The predicted octanol–water partition coefficient (Wildman–Crippen LogP) is -2.99. The molecular weight excluding hydrogens is 186 g/mol. The van der Waals surface area contributed by atoms with Gasteiger partial charge in [0, 0.05) is 14.2 Å². The van der Waals surface area contributed by atoms with Crippen molar-refractivity contribution in [2.24, 2.45) is 0 Å². The van der Waals surface area contributed by atoms with Gasteiger partial charge in [0.1, 0.15) is 12.6 Å². The van der Waals surface area contributed by atoms with E-state index in [-0.39, 0.29) is 42.1 Å². The van der Waals surface area contributed by atoms with Crippen LogP contribution >= 0.6 is 0 Å². The summed E-state index contributed by atoms with van der Waals surface area (Å²) in [5.41, 5.74) is 0. The van der Waals surface area contributed by atoms with Crippen LogP contribution in [0.15, 0.2) is 0 Å². The third kappa shape index (κ3) is 9.46. The van der Waals surface area contributed by atoms with E-state index in [1.54, 1.807) is 14.2 Å². The second-order valence-corrected chi connectivity index (χ2v) is 3.52. The molecule has 4 nitrogen and oxygen atoms in total. The minimum atomic E-state index is -1.41. The summed E-state index contributed by atoms with van der Waals surface area (Å²) in [5.74, 6) is 0. The third-order valence-electron chi connectivity index (χ3n) is 1.52. The van der Waals surface area contributed by atoms with E-state index < -0.39 is 15.9 Å². The monoisotopic (exact) mass is 202 g/mol. The van der Waals surface area contributed by atoms with E-state index in [4.69, 9.17) is 17.1 Å². The summed E-state index contributed by atoms with van der Waals surface area (Å²) in [6, 6.07) is 0. The van der Waals surface area contributed by atoms with Crippen molar-refractivity contribution in [2.45, 2.75) is 26.4 Å². The summed E-state index contributed by atoms with van der Waals surface area (Å²) < 4.78 is 20.2. The summed E-state index contributed by atoms with van der Waals surface area (Å²) in [5, 5.41) is 0. The molecule has 0 aromatic rings. The molecule has 2 atom stereocenters. The minimum absolute atomic E-state index is 0. The van der Waals surface area contributed by atoms with Gasteiger partial charge in [-0.05, 0) is 13.8 Å². The minimum Gasteiger partial charge on any atom is -0.618 e. The molecule has 0 spiro atoms. The SMILES string of the molecule is COC(C)[O][AlH2-][O]C(C)OC.[Na+]. The molecule has 0 heterocycles. The molecule has 0 rings (SSSR count). The van der Waals surface area contributed by atoms with Crippen molar-refractivity contribution >= 4 is 15.9 Å². The predicted molar refractivity (Wildman–Crippen MR) is 43.7 cm³/mol. The molecule has 2 unspecified atom stereocenters. The second kappa shape index (κ2) is 10.5. The molecule has 0 aliphatic rings. The van der Waals surface area contributed by atoms with Crippen LogP contribution in [0.2, 0.25) is 0 Å². The summed E-state index contributed by atoms with van der Waals surface area (Å²) in [6.45, 7) is 3.68. The van der Waals surface area contributed by atoms with Gasteiger partial charge in [-0.3, -0.25) is 0 Å². The maximum atomic E-state index is 5.23. The van der Waals surface area contributed by atoms with Gasteiger partial charge in [0.25, 0.3) is 0 Å². The number of rotatable bonds is 6. The van der Waals surface area contributed by atoms with E-state index in [2.05, 4.69) is 0 Å². The fourth-order valence-corrected chi connectivity index (χ4v) is 1.56. The zero-order valence-electron chi connectivity index (χ0n) is 8.79. The largest absolute Gasteiger partial charge is 1.00 e. The Balaban J connectivity index is 0. The maximum absolute atomic E-state index is 5.23. The van der Waals surface area contributed by atoms with Crippen molar-refractivity contribution in [1.29, 1.82) is 0 Å². The van der Waals surface area contributed by atoms with Crippen LogP contribution in [0.3, 0.4) is 0 Å². The Bertz CT molecular complexity index is 85.6. The molecule has 0 aliphatic heterocycles. The van der Waals surface area contributed by atoms with Crippen LogP contribution in [0.5, 0.6) is 0 Å². The van der Waals surface area contributed by atoms with E-state index in [1.165, 1.54) is 0 Å². The zero-order chi connectivity index (χ0) is 8.69. The second-order valence-electron chi connectivity index (χ2n) is 2.24. The van der Waals surface area contributed by atoms with Crippen LogP contribution in [-0.4, -0.2) is 42.7 Å². The molecule has 0 aromatic heterocycles. The van der Waals surface area contributed by atoms with Gasteiger partial charge in [-0.25, -0.2) is 0 Å². The van der Waals surface area contributed by atoms with Crippen molar-refractivity contribution in [3.63, 3.8) is 0 Å². The molecule has 0 saturated carbocycles. The Hall–Kier alpha value is 1.37. The Morgan fingerprint density at radius 2 is 1.25 bits per heavy atom. The normalized spacial score (nSPS) is 16.0. The molecule has 0 aromatic carbocycles. The third-order valence-corrected chi connectivity index (χ3v) is 3.23. The molecule has 0 N–H and O–H groups in total. The number of ether oxygens (including phenoxy) is 2. The van der Waals surface area contributed by atoms with Crippen molar-refractivity contribution in [3.05, 3.63) is 0 Å². The van der Waals surface area contributed by atoms with Crippen LogP contribution in [0, 0.1) is 0 Å². The molecule has 12 heavy (non-hydrogen) atoms. The van der Waals surface area contributed by atoms with Crippen LogP contribution in [-0.2, 0) is 17.1 Å². The molecule has 0 fully saturated rings. The molecule has 6 heteroatoms. The summed E-state index contributed by atoms with van der Waals surface area (Å²) >= 11 is -1.41. The van der Waals surface area contributed by atoms with Crippen LogP contribution < -0.4 is 29.6 Å². The van der Waals surface area contributed by atoms with Crippen LogP contribution in [0.1, 0.15) is 13.8 Å². The Morgan fingerprint density at radius 1 is 0.917 bits per heavy atom. The van der Waals surface area contributed by atoms with Crippen molar-refractivity contribution < 1.29 is 46.6 Å². The first-order valence-corrected chi connectivity index (χ1v) is 5.36. The molecule has 0 radical (unpaired) electrons. The van der Waals surface area contributed by atoms with Gasteiger partial charge in [0.15, 0.2) is 0 Å². The van der Waals surface area contributed by atoms with E-state index in [0.717, 1.165) is 0 Å².